The van der Waals surface area contributed by atoms with Crippen LogP contribution in [-0.4, -0.2) is 22.7 Å². The SMILES string of the molecule is Fc1cnc(N=NCc2ccc(OC(F)(F)F)cc2)nc1Nc1ccc(OC(F)(F)F)cc1. The number of aromatic nitrogens is 2. The van der Waals surface area contributed by atoms with Gasteiger partial charge in [0.2, 0.25) is 0 Å². The molecule has 0 bridgehead atoms. The highest BCUT2D eigenvalue weighted by atomic mass is 19.4. The maximum atomic E-state index is 14.0. The Labute approximate surface area is 180 Å². The summed E-state index contributed by atoms with van der Waals surface area (Å²) < 4.78 is 94.6. The third kappa shape index (κ3) is 7.90. The number of alkyl halides is 6. The van der Waals surface area contributed by atoms with Crippen LogP contribution in [0, 0.1) is 5.82 Å². The number of hydrogen-bond acceptors (Lipinski definition) is 7. The van der Waals surface area contributed by atoms with Crippen molar-refractivity contribution in [2.45, 2.75) is 19.3 Å². The number of nitrogens with one attached hydrogen (secondary N) is 1. The van der Waals surface area contributed by atoms with E-state index in [2.05, 4.69) is 35.0 Å². The van der Waals surface area contributed by atoms with Crippen molar-refractivity contribution in [2.24, 2.45) is 10.2 Å². The molecule has 0 spiro atoms. The van der Waals surface area contributed by atoms with Crippen LogP contribution in [0.1, 0.15) is 5.56 Å². The molecule has 14 heteroatoms. The van der Waals surface area contributed by atoms with E-state index >= 15 is 0 Å². The molecule has 1 N–H and O–H groups in total. The van der Waals surface area contributed by atoms with Crippen molar-refractivity contribution in [2.75, 3.05) is 5.32 Å². The lowest BCUT2D eigenvalue weighted by Gasteiger charge is -2.10. The lowest BCUT2D eigenvalue weighted by atomic mass is 10.2. The second kappa shape index (κ2) is 9.67. The molecule has 3 rings (SSSR count). The van der Waals surface area contributed by atoms with Gasteiger partial charge in [-0.05, 0) is 42.0 Å². The molecule has 0 fully saturated rings. The number of hydrogen-bond donors (Lipinski definition) is 1. The maximum absolute atomic E-state index is 14.0. The standard InChI is InChI=1S/C19H12F7N5O2/c20-15-10-27-17(31-28-9-11-1-5-13(6-2-11)32-18(21,22)23)30-16(15)29-12-3-7-14(8-4-12)33-19(24,25)26/h1-8,10H,9H2,(H,27,29,30). The zero-order valence-electron chi connectivity index (χ0n) is 16.2. The van der Waals surface area contributed by atoms with E-state index in [1.165, 1.54) is 24.3 Å². The smallest absolute Gasteiger partial charge is 0.406 e. The molecular formula is C19H12F7N5O2. The van der Waals surface area contributed by atoms with Gasteiger partial charge in [-0.15, -0.1) is 31.5 Å². The topological polar surface area (TPSA) is 81.0 Å². The third-order valence-corrected chi connectivity index (χ3v) is 3.65. The Morgan fingerprint density at radius 3 is 1.91 bits per heavy atom. The van der Waals surface area contributed by atoms with Crippen molar-refractivity contribution < 1.29 is 40.2 Å². The van der Waals surface area contributed by atoms with E-state index in [4.69, 9.17) is 0 Å². The maximum Gasteiger partial charge on any atom is 0.573 e. The minimum absolute atomic E-state index is 0.0313. The molecule has 0 atom stereocenters. The van der Waals surface area contributed by atoms with E-state index in [0.29, 0.717) is 5.56 Å². The number of rotatable bonds is 7. The van der Waals surface area contributed by atoms with Crippen LogP contribution in [0.15, 0.2) is 65.0 Å². The molecule has 0 saturated heterocycles. The summed E-state index contributed by atoms with van der Waals surface area (Å²) in [7, 11) is 0. The van der Waals surface area contributed by atoms with Crippen LogP contribution in [0.25, 0.3) is 0 Å². The van der Waals surface area contributed by atoms with E-state index in [0.717, 1.165) is 30.5 Å². The van der Waals surface area contributed by atoms with Crippen LogP contribution in [0.3, 0.4) is 0 Å². The van der Waals surface area contributed by atoms with E-state index in [-0.39, 0.29) is 24.0 Å². The van der Waals surface area contributed by atoms with Crippen LogP contribution < -0.4 is 14.8 Å². The number of halogens is 7. The average Bonchev–Trinajstić information content (AvgIpc) is 2.71. The second-order valence-electron chi connectivity index (χ2n) is 6.16. The van der Waals surface area contributed by atoms with Gasteiger partial charge in [0.05, 0.1) is 12.7 Å². The fourth-order valence-corrected chi connectivity index (χ4v) is 2.35. The molecule has 3 aromatic rings. The lowest BCUT2D eigenvalue weighted by molar-refractivity contribution is -0.275. The van der Waals surface area contributed by atoms with Crippen molar-refractivity contribution in [3.05, 3.63) is 66.1 Å². The van der Waals surface area contributed by atoms with E-state index in [1.807, 2.05) is 0 Å². The summed E-state index contributed by atoms with van der Waals surface area (Å²) in [6, 6.07) is 9.42. The van der Waals surface area contributed by atoms with Gasteiger partial charge in [0, 0.05) is 5.69 Å². The van der Waals surface area contributed by atoms with Crippen LogP contribution in [0.2, 0.25) is 0 Å². The predicted octanol–water partition coefficient (Wildman–Crippen LogP) is 6.44. The van der Waals surface area contributed by atoms with Gasteiger partial charge in [-0.3, -0.25) is 0 Å². The fourth-order valence-electron chi connectivity index (χ4n) is 2.35. The van der Waals surface area contributed by atoms with E-state index < -0.39 is 30.0 Å². The van der Waals surface area contributed by atoms with Crippen molar-refractivity contribution in [3.63, 3.8) is 0 Å². The number of benzene rings is 2. The molecule has 0 aliphatic heterocycles. The fraction of sp³-hybridized carbons (Fsp3) is 0.158. The van der Waals surface area contributed by atoms with E-state index in [9.17, 15) is 30.7 Å². The zero-order chi connectivity index (χ0) is 24.1. The molecule has 0 aliphatic carbocycles. The molecule has 1 heterocycles. The molecule has 2 aromatic carbocycles. The molecule has 0 unspecified atom stereocenters. The number of azo groups is 1. The van der Waals surface area contributed by atoms with Crippen LogP contribution >= 0.6 is 0 Å². The average molecular weight is 475 g/mol. The third-order valence-electron chi connectivity index (χ3n) is 3.65. The highest BCUT2D eigenvalue weighted by Crippen LogP contribution is 2.26. The molecular weight excluding hydrogens is 463 g/mol. The minimum Gasteiger partial charge on any atom is -0.406 e. The van der Waals surface area contributed by atoms with Crippen molar-refractivity contribution in [1.82, 2.24) is 9.97 Å². The summed E-state index contributed by atoms with van der Waals surface area (Å²) >= 11 is 0. The quantitative estimate of drug-likeness (QED) is 0.314. The normalized spacial score (nSPS) is 12.1. The molecule has 0 radical (unpaired) electrons. The van der Waals surface area contributed by atoms with Gasteiger partial charge in [-0.1, -0.05) is 12.1 Å². The Kier molecular flexibility index (Phi) is 6.94. The Hall–Kier alpha value is -3.97. The molecule has 0 amide bonds. The first kappa shape index (κ1) is 23.7. The van der Waals surface area contributed by atoms with E-state index in [1.54, 1.807) is 0 Å². The Bertz CT molecular complexity index is 1100. The predicted molar refractivity (Wildman–Crippen MR) is 99.7 cm³/mol. The molecule has 174 valence electrons. The van der Waals surface area contributed by atoms with Gasteiger partial charge in [0.1, 0.15) is 11.5 Å². The van der Waals surface area contributed by atoms with Crippen molar-refractivity contribution in [3.8, 4) is 11.5 Å². The van der Waals surface area contributed by atoms with Gasteiger partial charge >= 0.3 is 12.7 Å². The molecule has 0 aliphatic rings. The van der Waals surface area contributed by atoms with Crippen LogP contribution in [0.4, 0.5) is 48.2 Å². The largest absolute Gasteiger partial charge is 0.573 e. The monoisotopic (exact) mass is 475 g/mol. The summed E-state index contributed by atoms with van der Waals surface area (Å²) in [6.45, 7) is -0.0313. The van der Waals surface area contributed by atoms with Crippen LogP contribution in [-0.2, 0) is 6.54 Å². The highest BCUT2D eigenvalue weighted by molar-refractivity contribution is 5.58. The first-order valence-electron chi connectivity index (χ1n) is 8.84. The Morgan fingerprint density at radius 2 is 1.36 bits per heavy atom. The van der Waals surface area contributed by atoms with Gasteiger partial charge in [0.25, 0.3) is 5.95 Å². The second-order valence-corrected chi connectivity index (χ2v) is 6.16. The molecule has 33 heavy (non-hydrogen) atoms. The summed E-state index contributed by atoms with van der Waals surface area (Å²) in [4.78, 5) is 7.47. The van der Waals surface area contributed by atoms with Gasteiger partial charge in [0.15, 0.2) is 11.6 Å². The number of ether oxygens (including phenoxy) is 2. The minimum atomic E-state index is -4.84. The molecule has 1 aromatic heterocycles. The molecule has 7 nitrogen and oxygen atoms in total. The summed E-state index contributed by atoms with van der Waals surface area (Å²) in [5, 5.41) is 10.1. The van der Waals surface area contributed by atoms with Gasteiger partial charge < -0.3 is 14.8 Å². The molecule has 0 saturated carbocycles. The first-order valence-corrected chi connectivity index (χ1v) is 8.84. The van der Waals surface area contributed by atoms with Crippen molar-refractivity contribution >= 4 is 17.5 Å². The number of nitrogens with zero attached hydrogens (tertiary/aromatic N) is 4. The first-order chi connectivity index (χ1) is 15.5. The van der Waals surface area contributed by atoms with Gasteiger partial charge in [-0.25, -0.2) is 9.37 Å². The summed E-state index contributed by atoms with van der Waals surface area (Å²) in [5.41, 5.74) is 0.723. The summed E-state index contributed by atoms with van der Waals surface area (Å²) in [6.07, 6.45) is -8.83. The van der Waals surface area contributed by atoms with Crippen molar-refractivity contribution in [1.29, 1.82) is 0 Å². The Balaban J connectivity index is 1.62. The summed E-state index contributed by atoms with van der Waals surface area (Å²) in [5.74, 6) is -2.24. The lowest BCUT2D eigenvalue weighted by Crippen LogP contribution is -2.17. The number of anilines is 2. The van der Waals surface area contributed by atoms with Gasteiger partial charge in [-0.2, -0.15) is 10.1 Å². The highest BCUT2D eigenvalue weighted by Gasteiger charge is 2.31. The Morgan fingerprint density at radius 1 is 0.818 bits per heavy atom. The van der Waals surface area contributed by atoms with Crippen LogP contribution in [0.5, 0.6) is 11.5 Å². The zero-order valence-corrected chi connectivity index (χ0v) is 16.2.